The van der Waals surface area contributed by atoms with Gasteiger partial charge < -0.3 is 15.2 Å². The van der Waals surface area contributed by atoms with Crippen LogP contribution in [0.4, 0.5) is 0 Å². The van der Waals surface area contributed by atoms with Gasteiger partial charge in [0.15, 0.2) is 11.5 Å². The fourth-order valence-corrected chi connectivity index (χ4v) is 2.53. The first-order valence-electron chi connectivity index (χ1n) is 6.25. The number of methoxy groups -OCH3 is 1. The van der Waals surface area contributed by atoms with Gasteiger partial charge in [0.25, 0.3) is 0 Å². The first kappa shape index (κ1) is 12.2. The van der Waals surface area contributed by atoms with Crippen LogP contribution in [-0.4, -0.2) is 18.8 Å². The number of aromatic hydroxyl groups is 1. The summed E-state index contributed by atoms with van der Waals surface area (Å²) in [5, 5.41) is 13.5. The number of phenols is 1. The molecule has 1 unspecified atom stereocenters. The van der Waals surface area contributed by atoms with Crippen LogP contribution in [0.25, 0.3) is 0 Å². The lowest BCUT2D eigenvalue weighted by atomic mass is 9.91. The number of nitrogens with one attached hydrogen (secondary N) is 1. The number of phenolic OH excluding ortho intramolecular Hbond substituents is 1. The van der Waals surface area contributed by atoms with Crippen LogP contribution in [0.3, 0.4) is 0 Å². The molecule has 2 rings (SSSR count). The second-order valence-electron chi connectivity index (χ2n) is 4.77. The van der Waals surface area contributed by atoms with Crippen LogP contribution < -0.4 is 10.1 Å². The van der Waals surface area contributed by atoms with Gasteiger partial charge in [-0.05, 0) is 56.0 Å². The Morgan fingerprint density at radius 2 is 2.06 bits per heavy atom. The molecule has 1 aromatic rings. The van der Waals surface area contributed by atoms with Crippen LogP contribution in [0.15, 0.2) is 6.07 Å². The summed E-state index contributed by atoms with van der Waals surface area (Å²) in [5.74, 6) is 0.847. The van der Waals surface area contributed by atoms with Crippen LogP contribution in [0, 0.1) is 13.8 Å². The van der Waals surface area contributed by atoms with Crippen molar-refractivity contribution >= 4 is 0 Å². The van der Waals surface area contributed by atoms with Crippen molar-refractivity contribution in [3.05, 3.63) is 22.8 Å². The fraction of sp³-hybridized carbons (Fsp3) is 0.571. The van der Waals surface area contributed by atoms with Crippen molar-refractivity contribution < 1.29 is 9.84 Å². The van der Waals surface area contributed by atoms with Crippen molar-refractivity contribution in [2.24, 2.45) is 0 Å². The molecule has 17 heavy (non-hydrogen) atoms. The highest BCUT2D eigenvalue weighted by Gasteiger charge is 2.20. The summed E-state index contributed by atoms with van der Waals surface area (Å²) in [4.78, 5) is 0. The Hall–Kier alpha value is -1.22. The highest BCUT2D eigenvalue weighted by Crippen LogP contribution is 2.37. The van der Waals surface area contributed by atoms with Crippen LogP contribution >= 0.6 is 0 Å². The van der Waals surface area contributed by atoms with Crippen LogP contribution in [0.2, 0.25) is 0 Å². The van der Waals surface area contributed by atoms with Gasteiger partial charge in [0.05, 0.1) is 7.11 Å². The standard InChI is InChI=1S/C14H21NO2/c1-9-10(2)14(16)13(17-3)8-11(9)12-6-4-5-7-15-12/h8,12,15-16H,4-7H2,1-3H3. The van der Waals surface area contributed by atoms with E-state index in [0.717, 1.165) is 18.5 Å². The fourth-order valence-electron chi connectivity index (χ4n) is 2.53. The van der Waals surface area contributed by atoms with Crippen molar-refractivity contribution in [2.45, 2.75) is 39.2 Å². The predicted octanol–water partition coefficient (Wildman–Crippen LogP) is 2.83. The number of benzene rings is 1. The van der Waals surface area contributed by atoms with Crippen LogP contribution in [0.5, 0.6) is 11.5 Å². The van der Waals surface area contributed by atoms with Crippen molar-refractivity contribution in [1.82, 2.24) is 5.32 Å². The van der Waals surface area contributed by atoms with E-state index in [2.05, 4.69) is 12.2 Å². The molecule has 1 atom stereocenters. The molecule has 1 aliphatic rings. The van der Waals surface area contributed by atoms with E-state index < -0.39 is 0 Å². The third-order valence-electron chi connectivity index (χ3n) is 3.78. The summed E-state index contributed by atoms with van der Waals surface area (Å²) in [6, 6.07) is 2.37. The summed E-state index contributed by atoms with van der Waals surface area (Å²) in [6.07, 6.45) is 3.68. The highest BCUT2D eigenvalue weighted by molar-refractivity contribution is 5.53. The van der Waals surface area contributed by atoms with Gasteiger partial charge in [0.1, 0.15) is 0 Å². The first-order valence-corrected chi connectivity index (χ1v) is 6.25. The molecule has 0 amide bonds. The highest BCUT2D eigenvalue weighted by atomic mass is 16.5. The Bertz CT molecular complexity index is 409. The van der Waals surface area contributed by atoms with E-state index >= 15 is 0 Å². The Kier molecular flexibility index (Phi) is 3.57. The number of piperidine rings is 1. The maximum atomic E-state index is 9.96. The number of hydrogen-bond donors (Lipinski definition) is 2. The van der Waals surface area contributed by atoms with Gasteiger partial charge in [0.2, 0.25) is 0 Å². The maximum Gasteiger partial charge on any atom is 0.161 e. The second-order valence-corrected chi connectivity index (χ2v) is 4.77. The zero-order chi connectivity index (χ0) is 12.4. The molecule has 3 nitrogen and oxygen atoms in total. The van der Waals surface area contributed by atoms with Crippen molar-refractivity contribution in [3.8, 4) is 11.5 Å². The Morgan fingerprint density at radius 1 is 1.29 bits per heavy atom. The molecule has 94 valence electrons. The number of ether oxygens (including phenoxy) is 1. The molecule has 0 bridgehead atoms. The molecule has 1 saturated heterocycles. The van der Waals surface area contributed by atoms with E-state index in [1.807, 2.05) is 13.0 Å². The predicted molar refractivity (Wildman–Crippen MR) is 68.7 cm³/mol. The SMILES string of the molecule is COc1cc(C2CCCCN2)c(C)c(C)c1O. The summed E-state index contributed by atoms with van der Waals surface area (Å²) < 4.78 is 5.23. The Balaban J connectivity index is 2.42. The molecule has 1 aliphatic heterocycles. The van der Waals surface area contributed by atoms with Crippen LogP contribution in [-0.2, 0) is 0 Å². The normalized spacial score (nSPS) is 20.3. The Labute approximate surface area is 103 Å². The van der Waals surface area contributed by atoms with Gasteiger partial charge in [-0.1, -0.05) is 6.42 Å². The van der Waals surface area contributed by atoms with E-state index in [1.54, 1.807) is 7.11 Å². The van der Waals surface area contributed by atoms with Crippen molar-refractivity contribution in [1.29, 1.82) is 0 Å². The lowest BCUT2D eigenvalue weighted by Gasteiger charge is -2.26. The average Bonchev–Trinajstić information content (AvgIpc) is 2.37. The average molecular weight is 235 g/mol. The van der Waals surface area contributed by atoms with E-state index in [9.17, 15) is 5.11 Å². The molecule has 0 aliphatic carbocycles. The first-order chi connectivity index (χ1) is 8.15. The van der Waals surface area contributed by atoms with E-state index in [-0.39, 0.29) is 5.75 Å². The van der Waals surface area contributed by atoms with E-state index in [1.165, 1.54) is 24.0 Å². The van der Waals surface area contributed by atoms with E-state index in [4.69, 9.17) is 4.74 Å². The smallest absolute Gasteiger partial charge is 0.161 e. The monoisotopic (exact) mass is 235 g/mol. The van der Waals surface area contributed by atoms with Gasteiger partial charge in [-0.15, -0.1) is 0 Å². The molecular formula is C14H21NO2. The number of rotatable bonds is 2. The van der Waals surface area contributed by atoms with Crippen molar-refractivity contribution in [3.63, 3.8) is 0 Å². The summed E-state index contributed by atoms with van der Waals surface area (Å²) >= 11 is 0. The molecule has 0 saturated carbocycles. The minimum atomic E-state index is 0.268. The van der Waals surface area contributed by atoms with Gasteiger partial charge in [-0.2, -0.15) is 0 Å². The van der Waals surface area contributed by atoms with Gasteiger partial charge in [-0.25, -0.2) is 0 Å². The van der Waals surface area contributed by atoms with Gasteiger partial charge in [0, 0.05) is 6.04 Å². The van der Waals surface area contributed by atoms with Crippen LogP contribution in [0.1, 0.15) is 42.0 Å². The topological polar surface area (TPSA) is 41.5 Å². The lowest BCUT2D eigenvalue weighted by molar-refractivity contribution is 0.366. The maximum absolute atomic E-state index is 9.96. The van der Waals surface area contributed by atoms with Gasteiger partial charge in [-0.3, -0.25) is 0 Å². The molecule has 0 spiro atoms. The molecule has 1 fully saturated rings. The quantitative estimate of drug-likeness (QED) is 0.828. The molecule has 0 aromatic heterocycles. The Morgan fingerprint density at radius 3 is 2.65 bits per heavy atom. The molecule has 0 radical (unpaired) electrons. The third-order valence-corrected chi connectivity index (χ3v) is 3.78. The molecular weight excluding hydrogens is 214 g/mol. The summed E-state index contributed by atoms with van der Waals surface area (Å²) in [6.45, 7) is 5.09. The molecule has 1 aromatic carbocycles. The zero-order valence-corrected chi connectivity index (χ0v) is 10.8. The molecule has 2 N–H and O–H groups in total. The largest absolute Gasteiger partial charge is 0.504 e. The lowest BCUT2D eigenvalue weighted by Crippen LogP contribution is -2.27. The minimum absolute atomic E-state index is 0.268. The number of hydrogen-bond acceptors (Lipinski definition) is 3. The summed E-state index contributed by atoms with van der Waals surface area (Å²) in [7, 11) is 1.60. The van der Waals surface area contributed by atoms with Crippen molar-refractivity contribution in [2.75, 3.05) is 13.7 Å². The zero-order valence-electron chi connectivity index (χ0n) is 10.8. The molecule has 3 heteroatoms. The second kappa shape index (κ2) is 4.96. The molecule has 1 heterocycles. The minimum Gasteiger partial charge on any atom is -0.504 e. The third kappa shape index (κ3) is 2.25. The summed E-state index contributed by atoms with van der Waals surface area (Å²) in [5.41, 5.74) is 3.35. The van der Waals surface area contributed by atoms with Gasteiger partial charge >= 0.3 is 0 Å². The van der Waals surface area contributed by atoms with E-state index in [0.29, 0.717) is 11.8 Å².